The van der Waals surface area contributed by atoms with E-state index in [4.69, 9.17) is 21.4 Å². The lowest BCUT2D eigenvalue weighted by Gasteiger charge is -2.38. The van der Waals surface area contributed by atoms with E-state index in [1.807, 2.05) is 29.2 Å². The molecule has 4 amide bonds. The Morgan fingerprint density at radius 3 is 2.45 bits per heavy atom. The van der Waals surface area contributed by atoms with Crippen LogP contribution in [0.25, 0.3) is 0 Å². The number of hydrogen-bond acceptors (Lipinski definition) is 7. The van der Waals surface area contributed by atoms with Crippen molar-refractivity contribution in [2.24, 2.45) is 11.8 Å². The number of fused-ring (bicyclic) bond motifs is 1. The first-order valence-electron chi connectivity index (χ1n) is 18.2. The molecular weight excluding hydrogens is 674 g/mol. The fourth-order valence-corrected chi connectivity index (χ4v) is 7.89. The molecule has 3 N–H and O–H groups in total. The van der Waals surface area contributed by atoms with Gasteiger partial charge in [0.05, 0.1) is 11.4 Å². The Morgan fingerprint density at radius 1 is 1.06 bits per heavy atom. The summed E-state index contributed by atoms with van der Waals surface area (Å²) in [4.78, 5) is 58.9. The summed E-state index contributed by atoms with van der Waals surface area (Å²) in [7, 11) is 1.73. The van der Waals surface area contributed by atoms with E-state index in [-0.39, 0.29) is 41.6 Å². The van der Waals surface area contributed by atoms with E-state index in [2.05, 4.69) is 17.1 Å². The van der Waals surface area contributed by atoms with Crippen LogP contribution in [0.5, 0.6) is 5.75 Å². The van der Waals surface area contributed by atoms with Gasteiger partial charge in [0.2, 0.25) is 0 Å². The number of carboxylic acids is 1. The average molecular weight is 726 g/mol. The molecular formula is C38H52ClN5O7. The summed E-state index contributed by atoms with van der Waals surface area (Å²) in [6.45, 7) is 8.14. The lowest BCUT2D eigenvalue weighted by Crippen LogP contribution is -2.51. The molecule has 2 aromatic rings. The van der Waals surface area contributed by atoms with Crippen LogP contribution in [0.4, 0.5) is 15.3 Å². The minimum atomic E-state index is -1.09. The van der Waals surface area contributed by atoms with E-state index < -0.39 is 18.2 Å². The number of carboxylic acid groups (broad SMARTS) is 1. The SMILES string of the molecule is Cc1cc(C[C@@H](OC(=O)N2CCC(N3CCc4ccccc4NC3=O)CC2)C(=O)N(C)CCC(C)C2CCN(CCC(=O)O)CC2)cc(Cl)c1O. The van der Waals surface area contributed by atoms with Gasteiger partial charge in [0, 0.05) is 57.9 Å². The number of amides is 4. The van der Waals surface area contributed by atoms with Gasteiger partial charge in [-0.15, -0.1) is 0 Å². The first-order valence-corrected chi connectivity index (χ1v) is 18.6. The molecule has 0 radical (unpaired) electrons. The lowest BCUT2D eigenvalue weighted by atomic mass is 9.83. The number of aryl methyl sites for hydroxylation is 1. The first kappa shape index (κ1) is 38.2. The Kier molecular flexibility index (Phi) is 13.1. The van der Waals surface area contributed by atoms with Crippen molar-refractivity contribution in [3.8, 4) is 5.75 Å². The maximum atomic E-state index is 13.9. The van der Waals surface area contributed by atoms with Gasteiger partial charge < -0.3 is 39.9 Å². The number of carbonyl (C=O) groups excluding carboxylic acids is 3. The number of nitrogens with one attached hydrogen (secondary N) is 1. The quantitative estimate of drug-likeness (QED) is 0.256. The van der Waals surface area contributed by atoms with Crippen molar-refractivity contribution in [1.82, 2.24) is 19.6 Å². The van der Waals surface area contributed by atoms with Crippen molar-refractivity contribution in [3.63, 3.8) is 0 Å². The number of halogens is 1. The number of ether oxygens (including phenoxy) is 1. The van der Waals surface area contributed by atoms with Crippen molar-refractivity contribution in [1.29, 1.82) is 0 Å². The molecule has 3 aliphatic rings. The molecule has 0 spiro atoms. The first-order chi connectivity index (χ1) is 24.4. The smallest absolute Gasteiger partial charge is 0.410 e. The highest BCUT2D eigenvalue weighted by Gasteiger charge is 2.35. The van der Waals surface area contributed by atoms with Crippen LogP contribution in [0, 0.1) is 18.8 Å². The molecule has 13 heteroatoms. The van der Waals surface area contributed by atoms with Crippen LogP contribution in [0.2, 0.25) is 5.02 Å². The number of nitrogens with zero attached hydrogens (tertiary/aromatic N) is 4. The van der Waals surface area contributed by atoms with Crippen LogP contribution < -0.4 is 5.32 Å². The van der Waals surface area contributed by atoms with Gasteiger partial charge in [0.15, 0.2) is 6.10 Å². The van der Waals surface area contributed by atoms with E-state index in [1.165, 1.54) is 0 Å². The average Bonchev–Trinajstić information content (AvgIpc) is 3.29. The van der Waals surface area contributed by atoms with Crippen LogP contribution in [0.3, 0.4) is 0 Å². The summed E-state index contributed by atoms with van der Waals surface area (Å²) in [5.41, 5.74) is 3.17. The number of piperidine rings is 2. The monoisotopic (exact) mass is 725 g/mol. The normalized spacial score (nSPS) is 18.7. The number of para-hydroxylation sites is 1. The minimum Gasteiger partial charge on any atom is -0.506 e. The molecule has 2 saturated heterocycles. The van der Waals surface area contributed by atoms with Crippen molar-refractivity contribution in [3.05, 3.63) is 58.1 Å². The van der Waals surface area contributed by atoms with Crippen LogP contribution in [-0.2, 0) is 27.2 Å². The third kappa shape index (κ3) is 10.1. The highest BCUT2D eigenvalue weighted by Crippen LogP contribution is 2.31. The highest BCUT2D eigenvalue weighted by atomic mass is 35.5. The van der Waals surface area contributed by atoms with Crippen molar-refractivity contribution >= 4 is 41.3 Å². The van der Waals surface area contributed by atoms with Crippen LogP contribution in [0.15, 0.2) is 36.4 Å². The standard InChI is InChI=1S/C38H52ClN5O7/c1-25(28-9-16-42(17-10-28)18-14-34(45)46)8-15-41(3)36(48)33(24-27-22-26(2)35(47)31(39)23-27)51-38(50)43-19-12-30(13-20-43)44-21-11-29-6-4-5-7-32(29)40-37(44)49/h4-7,22-23,25,28,30,33,47H,8-21,24H2,1-3H3,(H,40,49)(H,45,46)/t25?,33-/m1/s1. The molecule has 0 bridgehead atoms. The number of rotatable bonds is 12. The fraction of sp³-hybridized carbons (Fsp3) is 0.579. The molecule has 5 rings (SSSR count). The van der Waals surface area contributed by atoms with Crippen molar-refractivity contribution in [2.75, 3.05) is 58.2 Å². The molecule has 0 saturated carbocycles. The number of carbonyl (C=O) groups is 4. The Morgan fingerprint density at radius 2 is 1.76 bits per heavy atom. The Hall–Kier alpha value is -4.03. The topological polar surface area (TPSA) is 143 Å². The molecule has 51 heavy (non-hydrogen) atoms. The molecule has 0 aromatic heterocycles. The number of phenolic OH excluding ortho intramolecular Hbond substituents is 1. The van der Waals surface area contributed by atoms with Gasteiger partial charge in [0.25, 0.3) is 5.91 Å². The van der Waals surface area contributed by atoms with Gasteiger partial charge in [-0.1, -0.05) is 42.8 Å². The fourth-order valence-electron chi connectivity index (χ4n) is 7.60. The largest absolute Gasteiger partial charge is 0.506 e. The zero-order valence-corrected chi connectivity index (χ0v) is 30.7. The number of anilines is 1. The number of likely N-dealkylation sites (tertiary alicyclic amines) is 2. The Labute approximate surface area is 305 Å². The zero-order valence-electron chi connectivity index (χ0n) is 30.0. The lowest BCUT2D eigenvalue weighted by molar-refractivity contribution is -0.140. The van der Waals surface area contributed by atoms with Gasteiger partial charge in [0.1, 0.15) is 5.75 Å². The summed E-state index contributed by atoms with van der Waals surface area (Å²) in [5.74, 6) is -0.256. The summed E-state index contributed by atoms with van der Waals surface area (Å²) in [6.07, 6.45) is 3.31. The Bertz CT molecular complexity index is 1530. The van der Waals surface area contributed by atoms with E-state index in [0.29, 0.717) is 68.5 Å². The van der Waals surface area contributed by atoms with E-state index in [1.54, 1.807) is 35.9 Å². The molecule has 2 aromatic carbocycles. The predicted molar refractivity (Wildman–Crippen MR) is 195 cm³/mol. The van der Waals surface area contributed by atoms with Gasteiger partial charge in [-0.2, -0.15) is 0 Å². The van der Waals surface area contributed by atoms with E-state index >= 15 is 0 Å². The number of hydrogen-bond donors (Lipinski definition) is 3. The minimum absolute atomic E-state index is 0.0204. The number of likely N-dealkylation sites (N-methyl/N-ethyl adjacent to an activating group) is 1. The molecule has 12 nitrogen and oxygen atoms in total. The molecule has 1 unspecified atom stereocenters. The maximum Gasteiger partial charge on any atom is 0.410 e. The summed E-state index contributed by atoms with van der Waals surface area (Å²) in [5, 5.41) is 22.4. The number of aromatic hydroxyl groups is 1. The van der Waals surface area contributed by atoms with Gasteiger partial charge in [-0.3, -0.25) is 9.59 Å². The van der Waals surface area contributed by atoms with Gasteiger partial charge in [-0.05, 0) is 99.2 Å². The summed E-state index contributed by atoms with van der Waals surface area (Å²) < 4.78 is 5.98. The maximum absolute atomic E-state index is 13.9. The summed E-state index contributed by atoms with van der Waals surface area (Å²) in [6, 6.07) is 11.0. The second-order valence-electron chi connectivity index (χ2n) is 14.4. The third-order valence-electron chi connectivity index (χ3n) is 10.9. The van der Waals surface area contributed by atoms with Crippen molar-refractivity contribution < 1.29 is 34.1 Å². The van der Waals surface area contributed by atoms with E-state index in [0.717, 1.165) is 50.0 Å². The third-order valence-corrected chi connectivity index (χ3v) is 11.2. The van der Waals surface area contributed by atoms with Crippen LogP contribution >= 0.6 is 11.6 Å². The summed E-state index contributed by atoms with van der Waals surface area (Å²) >= 11 is 6.27. The van der Waals surface area contributed by atoms with Gasteiger partial charge in [-0.25, -0.2) is 9.59 Å². The molecule has 278 valence electrons. The van der Waals surface area contributed by atoms with Crippen LogP contribution in [0.1, 0.15) is 62.1 Å². The number of urea groups is 1. The second-order valence-corrected chi connectivity index (χ2v) is 14.8. The zero-order chi connectivity index (χ0) is 36.7. The Balaban J connectivity index is 1.17. The molecule has 3 heterocycles. The van der Waals surface area contributed by atoms with Crippen LogP contribution in [-0.4, -0.2) is 119 Å². The number of phenols is 1. The van der Waals surface area contributed by atoms with Crippen molar-refractivity contribution in [2.45, 2.75) is 77.4 Å². The molecule has 3 aliphatic heterocycles. The molecule has 2 atom stereocenters. The molecule has 0 aliphatic carbocycles. The number of benzene rings is 2. The highest BCUT2D eigenvalue weighted by molar-refractivity contribution is 6.32. The molecule has 2 fully saturated rings. The second kappa shape index (κ2) is 17.5. The predicted octanol–water partition coefficient (Wildman–Crippen LogP) is 5.63. The number of aliphatic carboxylic acids is 1. The van der Waals surface area contributed by atoms with E-state index in [9.17, 15) is 24.3 Å². The van der Waals surface area contributed by atoms with Gasteiger partial charge >= 0.3 is 18.1 Å².